The second-order valence-corrected chi connectivity index (χ2v) is 4.48. The molecule has 1 aromatic carbocycles. The number of carboxylic acids is 1. The molecule has 86 valence electrons. The Kier molecular flexibility index (Phi) is 4.32. The summed E-state index contributed by atoms with van der Waals surface area (Å²) in [5, 5.41) is 11.2. The summed E-state index contributed by atoms with van der Waals surface area (Å²) in [6.45, 7) is 1.38. The monoisotopic (exact) mass is 305 g/mol. The van der Waals surface area contributed by atoms with Crippen molar-refractivity contribution in [2.75, 3.05) is 0 Å². The maximum absolute atomic E-state index is 11.6. The van der Waals surface area contributed by atoms with Crippen molar-refractivity contribution in [3.05, 3.63) is 33.3 Å². The number of rotatable bonds is 3. The van der Waals surface area contributed by atoms with E-state index in [0.717, 1.165) is 4.47 Å². The molecule has 16 heavy (non-hydrogen) atoms. The van der Waals surface area contributed by atoms with Crippen molar-refractivity contribution in [2.45, 2.75) is 13.0 Å². The van der Waals surface area contributed by atoms with Gasteiger partial charge in [-0.15, -0.1) is 0 Å². The Morgan fingerprint density at radius 3 is 2.62 bits per heavy atom. The summed E-state index contributed by atoms with van der Waals surface area (Å²) in [7, 11) is 0. The summed E-state index contributed by atoms with van der Waals surface area (Å²) in [5.41, 5.74) is 0.248. The zero-order chi connectivity index (χ0) is 12.3. The zero-order valence-corrected chi connectivity index (χ0v) is 10.7. The number of aliphatic carboxylic acids is 1. The van der Waals surface area contributed by atoms with Crippen molar-refractivity contribution >= 4 is 39.4 Å². The lowest BCUT2D eigenvalue weighted by molar-refractivity contribution is -0.138. The highest BCUT2D eigenvalue weighted by atomic mass is 79.9. The number of amides is 1. The molecule has 2 N–H and O–H groups in total. The van der Waals surface area contributed by atoms with Gasteiger partial charge in [-0.1, -0.05) is 27.5 Å². The van der Waals surface area contributed by atoms with Crippen molar-refractivity contribution in [3.63, 3.8) is 0 Å². The molecule has 0 saturated carbocycles. The lowest BCUT2D eigenvalue weighted by atomic mass is 10.2. The molecule has 0 aliphatic heterocycles. The van der Waals surface area contributed by atoms with Gasteiger partial charge in [0.25, 0.3) is 5.91 Å². The van der Waals surface area contributed by atoms with E-state index in [-0.39, 0.29) is 10.6 Å². The van der Waals surface area contributed by atoms with Gasteiger partial charge in [-0.05, 0) is 25.1 Å². The van der Waals surface area contributed by atoms with E-state index in [1.807, 2.05) is 0 Å². The summed E-state index contributed by atoms with van der Waals surface area (Å²) < 4.78 is 0.750. The van der Waals surface area contributed by atoms with Crippen LogP contribution in [0.1, 0.15) is 17.3 Å². The number of benzene rings is 1. The first-order valence-corrected chi connectivity index (χ1v) is 5.57. The third-order valence-electron chi connectivity index (χ3n) is 1.89. The van der Waals surface area contributed by atoms with Crippen LogP contribution in [0.2, 0.25) is 5.02 Å². The molecule has 1 aromatic rings. The van der Waals surface area contributed by atoms with Gasteiger partial charge in [-0.2, -0.15) is 0 Å². The Balaban J connectivity index is 2.85. The molecule has 6 heteroatoms. The van der Waals surface area contributed by atoms with Crippen molar-refractivity contribution in [1.82, 2.24) is 5.32 Å². The first-order chi connectivity index (χ1) is 7.41. The van der Waals surface area contributed by atoms with E-state index in [2.05, 4.69) is 21.2 Å². The number of nitrogens with one attached hydrogen (secondary N) is 1. The summed E-state index contributed by atoms with van der Waals surface area (Å²) in [5.74, 6) is -1.60. The summed E-state index contributed by atoms with van der Waals surface area (Å²) in [4.78, 5) is 22.2. The first kappa shape index (κ1) is 13.0. The normalized spacial score (nSPS) is 11.9. The highest BCUT2D eigenvalue weighted by Gasteiger charge is 2.17. The van der Waals surface area contributed by atoms with E-state index in [0.29, 0.717) is 0 Å². The van der Waals surface area contributed by atoms with Crippen LogP contribution in [-0.2, 0) is 4.79 Å². The van der Waals surface area contributed by atoms with E-state index >= 15 is 0 Å². The molecule has 0 heterocycles. The molecule has 0 aliphatic carbocycles. The van der Waals surface area contributed by atoms with E-state index in [1.54, 1.807) is 12.1 Å². The molecule has 0 fully saturated rings. The lowest BCUT2D eigenvalue weighted by Gasteiger charge is -2.10. The molecule has 4 nitrogen and oxygen atoms in total. The van der Waals surface area contributed by atoms with Gasteiger partial charge in [0.05, 0.1) is 10.6 Å². The van der Waals surface area contributed by atoms with Crippen LogP contribution in [0.25, 0.3) is 0 Å². The van der Waals surface area contributed by atoms with E-state index in [9.17, 15) is 9.59 Å². The molecule has 0 radical (unpaired) electrons. The second kappa shape index (κ2) is 5.32. The minimum Gasteiger partial charge on any atom is -0.480 e. The largest absolute Gasteiger partial charge is 0.480 e. The van der Waals surface area contributed by atoms with Gasteiger partial charge in [0.15, 0.2) is 0 Å². The standard InChI is InChI=1S/C10H9BrClNO3/c1-5(10(15)16)13-9(14)7-3-2-6(11)4-8(7)12/h2-5H,1H3,(H,13,14)(H,15,16)/t5-/m0/s1. The number of hydrogen-bond acceptors (Lipinski definition) is 2. The van der Waals surface area contributed by atoms with Crippen molar-refractivity contribution in [3.8, 4) is 0 Å². The summed E-state index contributed by atoms with van der Waals surface area (Å²) >= 11 is 9.06. The minimum atomic E-state index is -1.10. The number of hydrogen-bond donors (Lipinski definition) is 2. The van der Waals surface area contributed by atoms with Crippen molar-refractivity contribution in [2.24, 2.45) is 0 Å². The molecular weight excluding hydrogens is 297 g/mol. The maximum atomic E-state index is 11.6. The van der Waals surface area contributed by atoms with Gasteiger partial charge in [0.1, 0.15) is 6.04 Å². The Morgan fingerprint density at radius 2 is 2.12 bits per heavy atom. The Bertz CT molecular complexity index is 436. The minimum absolute atomic E-state index is 0.248. The van der Waals surface area contributed by atoms with E-state index < -0.39 is 17.9 Å². The SMILES string of the molecule is C[C@H](NC(=O)c1ccc(Br)cc1Cl)C(=O)O. The van der Waals surface area contributed by atoms with Crippen LogP contribution in [0.4, 0.5) is 0 Å². The van der Waals surface area contributed by atoms with Gasteiger partial charge in [-0.3, -0.25) is 9.59 Å². The fraction of sp³-hybridized carbons (Fsp3) is 0.200. The maximum Gasteiger partial charge on any atom is 0.325 e. The van der Waals surface area contributed by atoms with E-state index in [1.165, 1.54) is 13.0 Å². The molecule has 1 atom stereocenters. The molecule has 0 unspecified atom stereocenters. The topological polar surface area (TPSA) is 66.4 Å². The third kappa shape index (κ3) is 3.21. The number of carbonyl (C=O) groups is 2. The van der Waals surface area contributed by atoms with Crippen molar-refractivity contribution in [1.29, 1.82) is 0 Å². The molecule has 1 amide bonds. The van der Waals surface area contributed by atoms with Gasteiger partial charge in [-0.25, -0.2) is 0 Å². The predicted octanol–water partition coefficient (Wildman–Crippen LogP) is 2.31. The smallest absolute Gasteiger partial charge is 0.325 e. The van der Waals surface area contributed by atoms with Crippen LogP contribution in [0.15, 0.2) is 22.7 Å². The number of halogens is 2. The van der Waals surface area contributed by atoms with Gasteiger partial charge in [0.2, 0.25) is 0 Å². The average molecular weight is 307 g/mol. The Labute approximate surface area is 106 Å². The van der Waals surface area contributed by atoms with Crippen LogP contribution in [0.3, 0.4) is 0 Å². The van der Waals surface area contributed by atoms with Crippen LogP contribution >= 0.6 is 27.5 Å². The zero-order valence-electron chi connectivity index (χ0n) is 8.33. The lowest BCUT2D eigenvalue weighted by Crippen LogP contribution is -2.38. The van der Waals surface area contributed by atoms with Gasteiger partial charge < -0.3 is 10.4 Å². The van der Waals surface area contributed by atoms with Crippen LogP contribution in [-0.4, -0.2) is 23.0 Å². The Hall–Kier alpha value is -1.07. The van der Waals surface area contributed by atoms with E-state index in [4.69, 9.17) is 16.7 Å². The molecular formula is C10H9BrClNO3. The molecule has 0 spiro atoms. The highest BCUT2D eigenvalue weighted by molar-refractivity contribution is 9.10. The third-order valence-corrected chi connectivity index (χ3v) is 2.70. The fourth-order valence-corrected chi connectivity index (χ4v) is 1.77. The van der Waals surface area contributed by atoms with Gasteiger partial charge >= 0.3 is 5.97 Å². The second-order valence-electron chi connectivity index (χ2n) is 3.16. The summed E-state index contributed by atoms with van der Waals surface area (Å²) in [6.07, 6.45) is 0. The first-order valence-electron chi connectivity index (χ1n) is 4.40. The van der Waals surface area contributed by atoms with Gasteiger partial charge in [0, 0.05) is 4.47 Å². The molecule has 0 bridgehead atoms. The van der Waals surface area contributed by atoms with Crippen molar-refractivity contribution < 1.29 is 14.7 Å². The van der Waals surface area contributed by atoms with Crippen LogP contribution < -0.4 is 5.32 Å². The fourth-order valence-electron chi connectivity index (χ4n) is 1.01. The molecule has 0 saturated heterocycles. The highest BCUT2D eigenvalue weighted by Crippen LogP contribution is 2.21. The van der Waals surface area contributed by atoms with Crippen LogP contribution in [0.5, 0.6) is 0 Å². The molecule has 1 rings (SSSR count). The molecule has 0 aromatic heterocycles. The summed E-state index contributed by atoms with van der Waals surface area (Å²) in [6, 6.07) is 3.80. The average Bonchev–Trinajstić information content (AvgIpc) is 2.16. The number of carbonyl (C=O) groups excluding carboxylic acids is 1. The van der Waals surface area contributed by atoms with Crippen LogP contribution in [0, 0.1) is 0 Å². The number of carboxylic acid groups (broad SMARTS) is 1. The quantitative estimate of drug-likeness (QED) is 0.900. The Morgan fingerprint density at radius 1 is 1.50 bits per heavy atom. The predicted molar refractivity (Wildman–Crippen MR) is 63.7 cm³/mol. The molecule has 0 aliphatic rings.